The predicted octanol–water partition coefficient (Wildman–Crippen LogP) is 3.32. The molecule has 1 unspecified atom stereocenters. The molecule has 0 aliphatic heterocycles. The lowest BCUT2D eigenvalue weighted by atomic mass is 9.93. The largest absolute Gasteiger partial charge is 0.310 e. The first-order valence-electron chi connectivity index (χ1n) is 7.54. The quantitative estimate of drug-likeness (QED) is 0.875. The van der Waals surface area contributed by atoms with E-state index in [4.69, 9.17) is 0 Å². The molecule has 1 atom stereocenters. The van der Waals surface area contributed by atoms with E-state index in [9.17, 15) is 8.42 Å². The molecule has 1 aliphatic rings. The standard InChI is InChI=1S/C16H25NO2S/c1-3-17-16(11-13-7-4-5-8-13)14-9-6-10-15(12-14)20(2,18)19/h6,9-10,12-13,16-17H,3-5,7-8,11H2,1-2H3. The van der Waals surface area contributed by atoms with Crippen LogP contribution in [-0.2, 0) is 9.84 Å². The SMILES string of the molecule is CCNC(CC1CCCC1)c1cccc(S(C)(=O)=O)c1. The van der Waals surface area contributed by atoms with Crippen molar-refractivity contribution in [1.82, 2.24) is 5.32 Å². The van der Waals surface area contributed by atoms with Crippen molar-refractivity contribution in [2.75, 3.05) is 12.8 Å². The normalized spacial score (nSPS) is 18.3. The molecule has 112 valence electrons. The van der Waals surface area contributed by atoms with Crippen molar-refractivity contribution in [3.05, 3.63) is 29.8 Å². The highest BCUT2D eigenvalue weighted by atomic mass is 32.2. The van der Waals surface area contributed by atoms with Crippen LogP contribution in [0.5, 0.6) is 0 Å². The van der Waals surface area contributed by atoms with E-state index in [1.807, 2.05) is 18.2 Å². The van der Waals surface area contributed by atoms with Crippen molar-refractivity contribution >= 4 is 9.84 Å². The molecule has 0 radical (unpaired) electrons. The second-order valence-corrected chi connectivity index (χ2v) is 7.86. The highest BCUT2D eigenvalue weighted by molar-refractivity contribution is 7.90. The molecule has 1 fully saturated rings. The van der Waals surface area contributed by atoms with Gasteiger partial charge >= 0.3 is 0 Å². The number of sulfone groups is 1. The summed E-state index contributed by atoms with van der Waals surface area (Å²) in [7, 11) is -3.13. The molecule has 20 heavy (non-hydrogen) atoms. The van der Waals surface area contributed by atoms with E-state index >= 15 is 0 Å². The van der Waals surface area contributed by atoms with Crippen molar-refractivity contribution in [3.63, 3.8) is 0 Å². The Morgan fingerprint density at radius 2 is 2.00 bits per heavy atom. The van der Waals surface area contributed by atoms with E-state index in [0.717, 1.165) is 24.4 Å². The molecule has 1 aliphatic carbocycles. The molecule has 0 aromatic heterocycles. The minimum atomic E-state index is -3.13. The van der Waals surface area contributed by atoms with Gasteiger partial charge in [0.15, 0.2) is 9.84 Å². The third-order valence-corrected chi connectivity index (χ3v) is 5.29. The highest BCUT2D eigenvalue weighted by Gasteiger charge is 2.21. The molecule has 2 rings (SSSR count). The van der Waals surface area contributed by atoms with E-state index in [2.05, 4.69) is 12.2 Å². The Hall–Kier alpha value is -0.870. The molecule has 0 heterocycles. The van der Waals surface area contributed by atoms with Gasteiger partial charge in [0, 0.05) is 12.3 Å². The maximum Gasteiger partial charge on any atom is 0.175 e. The first-order chi connectivity index (χ1) is 9.50. The Balaban J connectivity index is 2.19. The van der Waals surface area contributed by atoms with Crippen molar-refractivity contribution < 1.29 is 8.42 Å². The van der Waals surface area contributed by atoms with Gasteiger partial charge < -0.3 is 5.32 Å². The van der Waals surface area contributed by atoms with Crippen LogP contribution in [0.15, 0.2) is 29.2 Å². The molecule has 0 bridgehead atoms. The molecule has 0 spiro atoms. The first-order valence-corrected chi connectivity index (χ1v) is 9.43. The van der Waals surface area contributed by atoms with Crippen molar-refractivity contribution in [2.45, 2.75) is 50.0 Å². The molecular weight excluding hydrogens is 270 g/mol. The monoisotopic (exact) mass is 295 g/mol. The zero-order valence-electron chi connectivity index (χ0n) is 12.4. The fourth-order valence-electron chi connectivity index (χ4n) is 3.13. The summed E-state index contributed by atoms with van der Waals surface area (Å²) in [5.41, 5.74) is 1.10. The van der Waals surface area contributed by atoms with Crippen molar-refractivity contribution in [3.8, 4) is 0 Å². The molecule has 0 amide bonds. The Morgan fingerprint density at radius 1 is 1.30 bits per heavy atom. The third-order valence-electron chi connectivity index (χ3n) is 4.18. The molecule has 1 aromatic carbocycles. The Bertz CT molecular complexity index is 533. The number of hydrogen-bond donors (Lipinski definition) is 1. The minimum Gasteiger partial charge on any atom is -0.310 e. The van der Waals surface area contributed by atoms with Gasteiger partial charge in [-0.1, -0.05) is 44.7 Å². The summed E-state index contributed by atoms with van der Waals surface area (Å²) in [6.07, 6.45) is 7.69. The average molecular weight is 295 g/mol. The van der Waals surface area contributed by atoms with Gasteiger partial charge in [0.1, 0.15) is 0 Å². The fourth-order valence-corrected chi connectivity index (χ4v) is 3.80. The molecule has 1 saturated carbocycles. The number of rotatable bonds is 6. The third kappa shape index (κ3) is 4.06. The summed E-state index contributed by atoms with van der Waals surface area (Å²) in [6, 6.07) is 7.67. The zero-order valence-corrected chi connectivity index (χ0v) is 13.2. The number of hydrogen-bond acceptors (Lipinski definition) is 3. The maximum absolute atomic E-state index is 11.7. The maximum atomic E-state index is 11.7. The average Bonchev–Trinajstić information content (AvgIpc) is 2.90. The van der Waals surface area contributed by atoms with Crippen LogP contribution in [0.2, 0.25) is 0 Å². The molecule has 1 aromatic rings. The lowest BCUT2D eigenvalue weighted by Crippen LogP contribution is -2.23. The van der Waals surface area contributed by atoms with E-state index in [0.29, 0.717) is 4.90 Å². The van der Waals surface area contributed by atoms with E-state index in [1.54, 1.807) is 6.07 Å². The summed E-state index contributed by atoms with van der Waals surface area (Å²) in [5, 5.41) is 3.51. The molecule has 3 nitrogen and oxygen atoms in total. The van der Waals surface area contributed by atoms with Gasteiger partial charge in [-0.2, -0.15) is 0 Å². The van der Waals surface area contributed by atoms with Gasteiger partial charge in [-0.15, -0.1) is 0 Å². The smallest absolute Gasteiger partial charge is 0.175 e. The van der Waals surface area contributed by atoms with Crippen LogP contribution >= 0.6 is 0 Å². The van der Waals surface area contributed by atoms with Gasteiger partial charge in [0.2, 0.25) is 0 Å². The zero-order chi connectivity index (χ0) is 14.6. The second-order valence-electron chi connectivity index (χ2n) is 5.84. The van der Waals surface area contributed by atoms with Crippen LogP contribution in [0.3, 0.4) is 0 Å². The van der Waals surface area contributed by atoms with E-state index < -0.39 is 9.84 Å². The summed E-state index contributed by atoms with van der Waals surface area (Å²) in [5.74, 6) is 0.779. The van der Waals surface area contributed by atoms with Crippen LogP contribution in [0.4, 0.5) is 0 Å². The van der Waals surface area contributed by atoms with E-state index in [-0.39, 0.29) is 6.04 Å². The summed E-state index contributed by atoms with van der Waals surface area (Å²) < 4.78 is 23.4. The minimum absolute atomic E-state index is 0.268. The van der Waals surface area contributed by atoms with Crippen molar-refractivity contribution in [1.29, 1.82) is 0 Å². The predicted molar refractivity (Wildman–Crippen MR) is 82.5 cm³/mol. The lowest BCUT2D eigenvalue weighted by Gasteiger charge is -2.22. The van der Waals surface area contributed by atoms with Crippen molar-refractivity contribution in [2.24, 2.45) is 5.92 Å². The lowest BCUT2D eigenvalue weighted by molar-refractivity contribution is 0.400. The van der Waals surface area contributed by atoms with Crippen LogP contribution in [0, 0.1) is 5.92 Å². The van der Waals surface area contributed by atoms with Gasteiger partial charge in [-0.05, 0) is 36.6 Å². The van der Waals surface area contributed by atoms with Gasteiger partial charge in [-0.25, -0.2) is 8.42 Å². The van der Waals surface area contributed by atoms with Crippen LogP contribution in [0.25, 0.3) is 0 Å². The summed E-state index contributed by atoms with van der Waals surface area (Å²) in [6.45, 7) is 3.00. The molecular formula is C16H25NO2S. The second kappa shape index (κ2) is 6.72. The van der Waals surface area contributed by atoms with Crippen LogP contribution in [-0.4, -0.2) is 21.2 Å². The summed E-state index contributed by atoms with van der Waals surface area (Å²) in [4.78, 5) is 0.421. The number of benzene rings is 1. The van der Waals surface area contributed by atoms with Crippen LogP contribution in [0.1, 0.15) is 50.6 Å². The first kappa shape index (κ1) is 15.5. The highest BCUT2D eigenvalue weighted by Crippen LogP contribution is 2.33. The molecule has 1 N–H and O–H groups in total. The Kier molecular flexibility index (Phi) is 5.22. The van der Waals surface area contributed by atoms with Gasteiger partial charge in [-0.3, -0.25) is 0 Å². The number of nitrogens with one attached hydrogen (secondary N) is 1. The van der Waals surface area contributed by atoms with Gasteiger partial charge in [0.05, 0.1) is 4.90 Å². The van der Waals surface area contributed by atoms with Crippen LogP contribution < -0.4 is 5.32 Å². The van der Waals surface area contributed by atoms with E-state index in [1.165, 1.54) is 31.9 Å². The molecule has 4 heteroatoms. The Labute approximate surface area is 122 Å². The molecule has 0 saturated heterocycles. The summed E-state index contributed by atoms with van der Waals surface area (Å²) >= 11 is 0. The fraction of sp³-hybridized carbons (Fsp3) is 0.625. The topological polar surface area (TPSA) is 46.2 Å². The van der Waals surface area contributed by atoms with Gasteiger partial charge in [0.25, 0.3) is 0 Å². The Morgan fingerprint density at radius 3 is 2.60 bits per heavy atom.